The van der Waals surface area contributed by atoms with E-state index < -0.39 is 0 Å². The summed E-state index contributed by atoms with van der Waals surface area (Å²) in [6, 6.07) is 6.08. The third kappa shape index (κ3) is 4.68. The minimum Gasteiger partial charge on any atom is -0.494 e. The van der Waals surface area contributed by atoms with Gasteiger partial charge in [0, 0.05) is 6.07 Å². The third-order valence-corrected chi connectivity index (χ3v) is 2.35. The molecule has 0 aliphatic heterocycles. The van der Waals surface area contributed by atoms with Crippen LogP contribution in [0.2, 0.25) is 0 Å². The molecule has 0 saturated heterocycles. The lowest BCUT2D eigenvalue weighted by atomic mass is 10.0. The summed E-state index contributed by atoms with van der Waals surface area (Å²) in [5.74, 6) is 3.56. The molecule has 1 rings (SSSR count). The molecule has 1 radical (unpaired) electrons. The minimum atomic E-state index is 0.529. The average Bonchev–Trinajstić information content (AvgIpc) is 2.26. The molecule has 0 fully saturated rings. The Morgan fingerprint density at radius 3 is 2.12 bits per heavy atom. The molecular formula is C15H23O2. The maximum atomic E-state index is 5.75. The van der Waals surface area contributed by atoms with Gasteiger partial charge in [-0.15, -0.1) is 0 Å². The largest absolute Gasteiger partial charge is 0.494 e. The van der Waals surface area contributed by atoms with Gasteiger partial charge < -0.3 is 9.47 Å². The van der Waals surface area contributed by atoms with E-state index in [0.717, 1.165) is 18.1 Å². The highest BCUT2D eigenvalue weighted by Crippen LogP contribution is 2.27. The van der Waals surface area contributed by atoms with Gasteiger partial charge in [0.2, 0.25) is 0 Å². The number of hydrogen-bond acceptors (Lipinski definition) is 2. The molecule has 95 valence electrons. The van der Waals surface area contributed by atoms with E-state index in [4.69, 9.17) is 9.47 Å². The van der Waals surface area contributed by atoms with Gasteiger partial charge in [0.1, 0.15) is 11.5 Å². The van der Waals surface area contributed by atoms with Gasteiger partial charge in [-0.3, -0.25) is 0 Å². The Bertz CT molecular complexity index is 343. The van der Waals surface area contributed by atoms with E-state index in [1.807, 2.05) is 13.0 Å². The highest BCUT2D eigenvalue weighted by Gasteiger charge is 2.07. The van der Waals surface area contributed by atoms with Crippen molar-refractivity contribution >= 4 is 0 Å². The standard InChI is InChI=1S/C15H23O2/c1-6-16-14-7-13(12(4)5)8-15(9-14)17-10-11(2)3/h7-9,11H,6,10H2,1-5H3. The van der Waals surface area contributed by atoms with Crippen LogP contribution in [-0.4, -0.2) is 13.2 Å². The molecule has 0 aliphatic carbocycles. The van der Waals surface area contributed by atoms with E-state index in [1.54, 1.807) is 0 Å². The zero-order valence-corrected chi connectivity index (χ0v) is 11.5. The normalized spacial score (nSPS) is 11.0. The van der Waals surface area contributed by atoms with Crippen LogP contribution in [0.25, 0.3) is 0 Å². The second-order valence-corrected chi connectivity index (χ2v) is 4.83. The number of ether oxygens (including phenoxy) is 2. The summed E-state index contributed by atoms with van der Waals surface area (Å²) in [5.41, 5.74) is 1.18. The fraction of sp³-hybridized carbons (Fsp3) is 0.533. The highest BCUT2D eigenvalue weighted by atomic mass is 16.5. The summed E-state index contributed by atoms with van der Waals surface area (Å²) in [4.78, 5) is 0. The third-order valence-electron chi connectivity index (χ3n) is 2.35. The van der Waals surface area contributed by atoms with Crippen LogP contribution in [0.4, 0.5) is 0 Å². The highest BCUT2D eigenvalue weighted by molar-refractivity contribution is 5.43. The Hall–Kier alpha value is -1.18. The van der Waals surface area contributed by atoms with Gasteiger partial charge in [-0.05, 0) is 36.5 Å². The molecule has 0 atom stereocenters. The molecule has 0 aromatic heterocycles. The number of hydrogen-bond donors (Lipinski definition) is 0. The summed E-state index contributed by atoms with van der Waals surface area (Å²) >= 11 is 0. The molecular weight excluding hydrogens is 212 g/mol. The van der Waals surface area contributed by atoms with Crippen LogP contribution in [0.5, 0.6) is 11.5 Å². The smallest absolute Gasteiger partial charge is 0.123 e. The molecule has 0 saturated carbocycles. The van der Waals surface area contributed by atoms with Crippen LogP contribution in [0.1, 0.15) is 40.2 Å². The van der Waals surface area contributed by atoms with Crippen LogP contribution in [-0.2, 0) is 0 Å². The van der Waals surface area contributed by atoms with Gasteiger partial charge >= 0.3 is 0 Å². The fourth-order valence-electron chi connectivity index (χ4n) is 1.46. The van der Waals surface area contributed by atoms with Crippen molar-refractivity contribution in [3.63, 3.8) is 0 Å². The van der Waals surface area contributed by atoms with Crippen molar-refractivity contribution in [2.75, 3.05) is 13.2 Å². The molecule has 0 bridgehead atoms. The van der Waals surface area contributed by atoms with Gasteiger partial charge in [0.15, 0.2) is 0 Å². The lowest BCUT2D eigenvalue weighted by molar-refractivity contribution is 0.268. The van der Waals surface area contributed by atoms with Crippen molar-refractivity contribution in [2.24, 2.45) is 5.92 Å². The quantitative estimate of drug-likeness (QED) is 0.739. The summed E-state index contributed by atoms with van der Waals surface area (Å²) in [6.07, 6.45) is 0. The summed E-state index contributed by atoms with van der Waals surface area (Å²) in [5, 5.41) is 0. The topological polar surface area (TPSA) is 18.5 Å². The second kappa shape index (κ2) is 6.53. The summed E-state index contributed by atoms with van der Waals surface area (Å²) in [7, 11) is 0. The van der Waals surface area contributed by atoms with Gasteiger partial charge in [-0.2, -0.15) is 0 Å². The molecule has 0 amide bonds. The van der Waals surface area contributed by atoms with E-state index >= 15 is 0 Å². The van der Waals surface area contributed by atoms with E-state index in [0.29, 0.717) is 12.5 Å². The van der Waals surface area contributed by atoms with Crippen LogP contribution >= 0.6 is 0 Å². The first kappa shape index (κ1) is 13.9. The van der Waals surface area contributed by atoms with E-state index in [1.165, 1.54) is 11.5 Å². The predicted octanol–water partition coefficient (Wildman–Crippen LogP) is 4.08. The van der Waals surface area contributed by atoms with Gasteiger partial charge in [-0.1, -0.05) is 27.7 Å². The first-order chi connectivity index (χ1) is 8.02. The predicted molar refractivity (Wildman–Crippen MR) is 71.6 cm³/mol. The molecule has 17 heavy (non-hydrogen) atoms. The molecule has 0 unspecified atom stereocenters. The summed E-state index contributed by atoms with van der Waals surface area (Å²) in [6.45, 7) is 11.9. The van der Waals surface area contributed by atoms with E-state index in [-0.39, 0.29) is 0 Å². The van der Waals surface area contributed by atoms with Gasteiger partial charge in [0.05, 0.1) is 13.2 Å². The van der Waals surface area contributed by atoms with Crippen molar-refractivity contribution in [1.82, 2.24) is 0 Å². The van der Waals surface area contributed by atoms with E-state index in [2.05, 4.69) is 39.8 Å². The van der Waals surface area contributed by atoms with Crippen LogP contribution in [0, 0.1) is 11.8 Å². The van der Waals surface area contributed by atoms with Crippen LogP contribution in [0.3, 0.4) is 0 Å². The monoisotopic (exact) mass is 235 g/mol. The first-order valence-electron chi connectivity index (χ1n) is 6.24. The Balaban J connectivity index is 2.87. The Labute approximate surface area is 105 Å². The molecule has 1 aromatic carbocycles. The Kier molecular flexibility index (Phi) is 5.33. The maximum Gasteiger partial charge on any atom is 0.123 e. The van der Waals surface area contributed by atoms with Crippen molar-refractivity contribution < 1.29 is 9.47 Å². The van der Waals surface area contributed by atoms with Crippen molar-refractivity contribution in [3.8, 4) is 11.5 Å². The lowest BCUT2D eigenvalue weighted by Gasteiger charge is -2.14. The second-order valence-electron chi connectivity index (χ2n) is 4.83. The van der Waals surface area contributed by atoms with Crippen molar-refractivity contribution in [1.29, 1.82) is 0 Å². The molecule has 0 spiro atoms. The van der Waals surface area contributed by atoms with Gasteiger partial charge in [0.25, 0.3) is 0 Å². The molecule has 0 N–H and O–H groups in total. The fourth-order valence-corrected chi connectivity index (χ4v) is 1.46. The zero-order valence-electron chi connectivity index (χ0n) is 11.5. The Morgan fingerprint density at radius 2 is 1.65 bits per heavy atom. The molecule has 0 heterocycles. The zero-order chi connectivity index (χ0) is 12.8. The Morgan fingerprint density at radius 1 is 1.06 bits per heavy atom. The minimum absolute atomic E-state index is 0.529. The van der Waals surface area contributed by atoms with Crippen LogP contribution < -0.4 is 9.47 Å². The van der Waals surface area contributed by atoms with Crippen molar-refractivity contribution in [3.05, 3.63) is 29.7 Å². The maximum absolute atomic E-state index is 5.75. The van der Waals surface area contributed by atoms with Crippen LogP contribution in [0.15, 0.2) is 18.2 Å². The average molecular weight is 235 g/mol. The number of benzene rings is 1. The molecule has 2 nitrogen and oxygen atoms in total. The number of rotatable bonds is 6. The lowest BCUT2D eigenvalue weighted by Crippen LogP contribution is -2.05. The molecule has 1 aromatic rings. The first-order valence-corrected chi connectivity index (χ1v) is 6.24. The summed E-state index contributed by atoms with van der Waals surface area (Å²) < 4.78 is 11.3. The van der Waals surface area contributed by atoms with Gasteiger partial charge in [-0.25, -0.2) is 0 Å². The van der Waals surface area contributed by atoms with Crippen molar-refractivity contribution in [2.45, 2.75) is 34.6 Å². The van der Waals surface area contributed by atoms with E-state index in [9.17, 15) is 0 Å². The molecule has 2 heteroatoms. The SMILES string of the molecule is CCOc1cc(OCC(C)C)cc([C](C)C)c1. The molecule has 0 aliphatic rings.